The maximum atomic E-state index is 13.9. The maximum Gasteiger partial charge on any atom is 0.128 e. The van der Waals surface area contributed by atoms with Crippen molar-refractivity contribution in [3.8, 4) is 0 Å². The molecule has 4 nitrogen and oxygen atoms in total. The molecule has 3 N–H and O–H groups in total. The van der Waals surface area contributed by atoms with E-state index < -0.39 is 0 Å². The van der Waals surface area contributed by atoms with Gasteiger partial charge < -0.3 is 15.6 Å². The molecule has 0 radical (unpaired) electrons. The highest BCUT2D eigenvalue weighted by Gasteiger charge is 2.30. The SMILES string of the molecule is CC1CN(C(CN)c2ccccc2F)CC(CO)O1. The maximum absolute atomic E-state index is 13.9. The molecular formula is C14H21FN2O2. The molecule has 1 saturated heterocycles. The monoisotopic (exact) mass is 268 g/mol. The van der Waals surface area contributed by atoms with E-state index in [4.69, 9.17) is 10.5 Å². The van der Waals surface area contributed by atoms with Crippen molar-refractivity contribution >= 4 is 0 Å². The zero-order chi connectivity index (χ0) is 13.8. The molecule has 3 unspecified atom stereocenters. The summed E-state index contributed by atoms with van der Waals surface area (Å²) in [5, 5.41) is 9.25. The van der Waals surface area contributed by atoms with Crippen molar-refractivity contribution in [3.63, 3.8) is 0 Å². The molecule has 0 spiro atoms. The summed E-state index contributed by atoms with van der Waals surface area (Å²) in [6, 6.07) is 6.52. The van der Waals surface area contributed by atoms with Gasteiger partial charge in [0, 0.05) is 25.2 Å². The van der Waals surface area contributed by atoms with Gasteiger partial charge in [-0.3, -0.25) is 4.90 Å². The number of ether oxygens (including phenoxy) is 1. The zero-order valence-electron chi connectivity index (χ0n) is 11.1. The standard InChI is InChI=1S/C14H21FN2O2/c1-10-7-17(8-11(9-18)19-10)14(6-16)12-4-2-3-5-13(12)15/h2-5,10-11,14,18H,6-9,16H2,1H3. The minimum atomic E-state index is -0.238. The van der Waals surface area contributed by atoms with Gasteiger partial charge in [-0.25, -0.2) is 4.39 Å². The lowest BCUT2D eigenvalue weighted by molar-refractivity contribution is -0.105. The normalized spacial score (nSPS) is 26.3. The number of halogens is 1. The number of nitrogens with zero attached hydrogens (tertiary/aromatic N) is 1. The molecule has 1 aliphatic heterocycles. The highest BCUT2D eigenvalue weighted by molar-refractivity contribution is 5.22. The molecule has 1 fully saturated rings. The first-order chi connectivity index (χ1) is 9.15. The second-order valence-electron chi connectivity index (χ2n) is 4.98. The number of benzene rings is 1. The first-order valence-corrected chi connectivity index (χ1v) is 6.60. The Hall–Kier alpha value is -1.01. The van der Waals surface area contributed by atoms with Gasteiger partial charge in [-0.15, -0.1) is 0 Å². The fourth-order valence-corrected chi connectivity index (χ4v) is 2.65. The highest BCUT2D eigenvalue weighted by Crippen LogP contribution is 2.25. The lowest BCUT2D eigenvalue weighted by atomic mass is 10.0. The summed E-state index contributed by atoms with van der Waals surface area (Å²) in [4.78, 5) is 2.09. The van der Waals surface area contributed by atoms with Gasteiger partial charge in [0.1, 0.15) is 5.82 Å². The van der Waals surface area contributed by atoms with Crippen LogP contribution in [-0.4, -0.2) is 48.5 Å². The fraction of sp³-hybridized carbons (Fsp3) is 0.571. The van der Waals surface area contributed by atoms with Gasteiger partial charge in [0.05, 0.1) is 24.9 Å². The van der Waals surface area contributed by atoms with E-state index in [0.717, 1.165) is 0 Å². The van der Waals surface area contributed by atoms with E-state index in [1.165, 1.54) is 6.07 Å². The van der Waals surface area contributed by atoms with Crippen molar-refractivity contribution in [1.82, 2.24) is 4.90 Å². The molecule has 0 aromatic heterocycles. The third kappa shape index (κ3) is 3.30. The second-order valence-corrected chi connectivity index (χ2v) is 4.98. The summed E-state index contributed by atoms with van der Waals surface area (Å²) in [7, 11) is 0. The summed E-state index contributed by atoms with van der Waals surface area (Å²) in [5.74, 6) is -0.238. The van der Waals surface area contributed by atoms with E-state index in [9.17, 15) is 9.50 Å². The van der Waals surface area contributed by atoms with Gasteiger partial charge in [-0.05, 0) is 13.0 Å². The quantitative estimate of drug-likeness (QED) is 0.852. The smallest absolute Gasteiger partial charge is 0.128 e. The van der Waals surface area contributed by atoms with Crippen LogP contribution in [0.1, 0.15) is 18.5 Å². The van der Waals surface area contributed by atoms with E-state index in [-0.39, 0.29) is 30.7 Å². The molecule has 19 heavy (non-hydrogen) atoms. The first-order valence-electron chi connectivity index (χ1n) is 6.60. The van der Waals surface area contributed by atoms with Crippen LogP contribution in [-0.2, 0) is 4.74 Å². The molecule has 1 heterocycles. The number of aliphatic hydroxyl groups excluding tert-OH is 1. The molecule has 0 amide bonds. The third-order valence-corrected chi connectivity index (χ3v) is 3.49. The van der Waals surface area contributed by atoms with E-state index in [1.807, 2.05) is 13.0 Å². The third-order valence-electron chi connectivity index (χ3n) is 3.49. The summed E-state index contributed by atoms with van der Waals surface area (Å²) >= 11 is 0. The van der Waals surface area contributed by atoms with Crippen molar-refractivity contribution in [2.75, 3.05) is 26.2 Å². The van der Waals surface area contributed by atoms with Crippen LogP contribution < -0.4 is 5.73 Å². The Labute approximate surface area is 113 Å². The van der Waals surface area contributed by atoms with Crippen molar-refractivity contribution in [2.24, 2.45) is 5.73 Å². The predicted molar refractivity (Wildman–Crippen MR) is 71.2 cm³/mol. The Morgan fingerprint density at radius 3 is 2.84 bits per heavy atom. The van der Waals surface area contributed by atoms with Crippen molar-refractivity contribution < 1.29 is 14.2 Å². The van der Waals surface area contributed by atoms with Gasteiger partial charge in [-0.2, -0.15) is 0 Å². The van der Waals surface area contributed by atoms with E-state index >= 15 is 0 Å². The zero-order valence-corrected chi connectivity index (χ0v) is 11.1. The minimum absolute atomic E-state index is 0.00623. The Morgan fingerprint density at radius 1 is 1.47 bits per heavy atom. The summed E-state index contributed by atoms with van der Waals surface area (Å²) in [6.45, 7) is 3.51. The summed E-state index contributed by atoms with van der Waals surface area (Å²) in [5.41, 5.74) is 6.43. The first kappa shape index (κ1) is 14.4. The van der Waals surface area contributed by atoms with Crippen molar-refractivity contribution in [2.45, 2.75) is 25.2 Å². The van der Waals surface area contributed by atoms with Gasteiger partial charge in [0.25, 0.3) is 0 Å². The molecule has 2 rings (SSSR count). The average Bonchev–Trinajstić information content (AvgIpc) is 2.41. The van der Waals surface area contributed by atoms with Crippen LogP contribution in [0.25, 0.3) is 0 Å². The Morgan fingerprint density at radius 2 is 2.21 bits per heavy atom. The summed E-state index contributed by atoms with van der Waals surface area (Å²) in [6.07, 6.45) is -0.226. The largest absolute Gasteiger partial charge is 0.394 e. The Balaban J connectivity index is 2.19. The minimum Gasteiger partial charge on any atom is -0.394 e. The second kappa shape index (κ2) is 6.43. The van der Waals surface area contributed by atoms with Crippen molar-refractivity contribution in [3.05, 3.63) is 35.6 Å². The molecule has 0 saturated carbocycles. The molecule has 3 atom stereocenters. The number of hydrogen-bond donors (Lipinski definition) is 2. The van der Waals surface area contributed by atoms with Crippen LogP contribution in [0.3, 0.4) is 0 Å². The molecule has 106 valence electrons. The molecule has 1 aromatic rings. The van der Waals surface area contributed by atoms with E-state index in [1.54, 1.807) is 12.1 Å². The number of rotatable bonds is 4. The van der Waals surface area contributed by atoms with Crippen LogP contribution in [0.15, 0.2) is 24.3 Å². The molecule has 1 aliphatic rings. The van der Waals surface area contributed by atoms with Crippen LogP contribution in [0, 0.1) is 5.82 Å². The van der Waals surface area contributed by atoms with Gasteiger partial charge >= 0.3 is 0 Å². The molecular weight excluding hydrogens is 247 g/mol. The van der Waals surface area contributed by atoms with Crippen LogP contribution in [0.5, 0.6) is 0 Å². The predicted octanol–water partition coefficient (Wildman–Crippen LogP) is 0.907. The summed E-state index contributed by atoms with van der Waals surface area (Å²) < 4.78 is 19.5. The topological polar surface area (TPSA) is 58.7 Å². The molecule has 0 aliphatic carbocycles. The van der Waals surface area contributed by atoms with Gasteiger partial charge in [0.15, 0.2) is 0 Å². The van der Waals surface area contributed by atoms with Gasteiger partial charge in [-0.1, -0.05) is 18.2 Å². The van der Waals surface area contributed by atoms with Gasteiger partial charge in [0.2, 0.25) is 0 Å². The van der Waals surface area contributed by atoms with Crippen LogP contribution >= 0.6 is 0 Å². The van der Waals surface area contributed by atoms with Crippen LogP contribution in [0.4, 0.5) is 4.39 Å². The van der Waals surface area contributed by atoms with E-state index in [2.05, 4.69) is 4.90 Å². The number of morpholine rings is 1. The molecule has 0 bridgehead atoms. The fourth-order valence-electron chi connectivity index (χ4n) is 2.65. The highest BCUT2D eigenvalue weighted by atomic mass is 19.1. The van der Waals surface area contributed by atoms with Crippen molar-refractivity contribution in [1.29, 1.82) is 0 Å². The molecule has 1 aromatic carbocycles. The number of aliphatic hydroxyl groups is 1. The molecule has 5 heteroatoms. The number of nitrogens with two attached hydrogens (primary N) is 1. The van der Waals surface area contributed by atoms with E-state index in [0.29, 0.717) is 25.2 Å². The van der Waals surface area contributed by atoms with Crippen LogP contribution in [0.2, 0.25) is 0 Å². The Kier molecular flexibility index (Phi) is 4.87. The lowest BCUT2D eigenvalue weighted by Gasteiger charge is -2.40. The Bertz CT molecular complexity index is 416. The number of hydrogen-bond acceptors (Lipinski definition) is 4. The lowest BCUT2D eigenvalue weighted by Crippen LogP contribution is -2.50. The average molecular weight is 268 g/mol.